The van der Waals surface area contributed by atoms with E-state index >= 15 is 0 Å². The Kier molecular flexibility index (Phi) is 5.53. The number of anilines is 1. The topological polar surface area (TPSA) is 70.1 Å². The molecule has 4 heteroatoms. The van der Waals surface area contributed by atoms with Crippen LogP contribution in [0.1, 0.15) is 25.8 Å². The predicted octanol–water partition coefficient (Wildman–Crippen LogP) is 2.14. The summed E-state index contributed by atoms with van der Waals surface area (Å²) >= 11 is 0. The van der Waals surface area contributed by atoms with Crippen LogP contribution in [0.25, 0.3) is 0 Å². The number of carbonyl (C=O) groups is 1. The molecule has 0 aromatic heterocycles. The normalized spacial score (nSPS) is 12.0. The highest BCUT2D eigenvalue weighted by Crippen LogP contribution is 2.19. The van der Waals surface area contributed by atoms with Crippen molar-refractivity contribution in [2.45, 2.75) is 20.3 Å². The summed E-state index contributed by atoms with van der Waals surface area (Å²) in [6, 6.07) is 9.03. The molecule has 0 aliphatic heterocycles. The molecule has 0 heterocycles. The number of hydrogen-bond donors (Lipinski definition) is 1. The largest absolute Gasteiger partial charge is 0.330 e. The van der Waals surface area contributed by atoms with Crippen LogP contribution in [0.4, 0.5) is 5.69 Å². The van der Waals surface area contributed by atoms with E-state index in [0.29, 0.717) is 18.0 Å². The molecular weight excluding hydrogens is 238 g/mol. The summed E-state index contributed by atoms with van der Waals surface area (Å²) in [6.45, 7) is 4.52. The fourth-order valence-electron chi connectivity index (χ4n) is 2.03. The number of amides is 1. The lowest BCUT2D eigenvalue weighted by molar-refractivity contribution is -0.122. The van der Waals surface area contributed by atoms with E-state index in [4.69, 9.17) is 11.0 Å². The van der Waals surface area contributed by atoms with Crippen LogP contribution in [0.5, 0.6) is 0 Å². The number of rotatable bonds is 5. The van der Waals surface area contributed by atoms with Crippen molar-refractivity contribution in [3.8, 4) is 6.07 Å². The van der Waals surface area contributed by atoms with E-state index in [2.05, 4.69) is 19.9 Å². The van der Waals surface area contributed by atoms with Crippen LogP contribution >= 0.6 is 0 Å². The molecule has 0 radical (unpaired) electrons. The Hall–Kier alpha value is -1.86. The molecule has 1 rings (SSSR count). The Labute approximate surface area is 114 Å². The van der Waals surface area contributed by atoms with Gasteiger partial charge in [0.25, 0.3) is 0 Å². The molecule has 102 valence electrons. The minimum atomic E-state index is -0.152. The van der Waals surface area contributed by atoms with Crippen molar-refractivity contribution in [2.75, 3.05) is 18.5 Å². The van der Waals surface area contributed by atoms with Crippen LogP contribution in [0, 0.1) is 23.2 Å². The molecule has 0 aliphatic rings. The first-order valence-corrected chi connectivity index (χ1v) is 6.47. The smallest absolute Gasteiger partial charge is 0.231 e. The molecule has 0 fully saturated rings. The fraction of sp³-hybridized carbons (Fsp3) is 0.467. The molecule has 1 aromatic rings. The third kappa shape index (κ3) is 4.08. The van der Waals surface area contributed by atoms with Gasteiger partial charge in [-0.1, -0.05) is 13.8 Å². The van der Waals surface area contributed by atoms with E-state index in [-0.39, 0.29) is 11.8 Å². The minimum absolute atomic E-state index is 0.0286. The second-order valence-corrected chi connectivity index (χ2v) is 5.12. The van der Waals surface area contributed by atoms with Crippen molar-refractivity contribution in [1.82, 2.24) is 0 Å². The van der Waals surface area contributed by atoms with Gasteiger partial charge in [0.05, 0.1) is 17.6 Å². The van der Waals surface area contributed by atoms with Crippen molar-refractivity contribution in [3.63, 3.8) is 0 Å². The van der Waals surface area contributed by atoms with Gasteiger partial charge < -0.3 is 10.6 Å². The van der Waals surface area contributed by atoms with E-state index in [1.807, 2.05) is 0 Å². The first-order valence-electron chi connectivity index (χ1n) is 6.47. The van der Waals surface area contributed by atoms with Gasteiger partial charge in [0.1, 0.15) is 0 Å². The number of benzene rings is 1. The third-order valence-corrected chi connectivity index (χ3v) is 3.10. The summed E-state index contributed by atoms with van der Waals surface area (Å²) in [5.41, 5.74) is 7.06. The number of nitriles is 1. The molecule has 4 nitrogen and oxygen atoms in total. The molecule has 1 atom stereocenters. The number of hydrogen-bond acceptors (Lipinski definition) is 3. The maximum atomic E-state index is 12.3. The predicted molar refractivity (Wildman–Crippen MR) is 76.6 cm³/mol. The highest BCUT2D eigenvalue weighted by molar-refractivity contribution is 5.94. The number of nitrogens with zero attached hydrogens (tertiary/aromatic N) is 2. The number of nitrogens with two attached hydrogens (primary N) is 1. The van der Waals surface area contributed by atoms with Crippen LogP contribution in [0.2, 0.25) is 0 Å². The molecule has 0 bridgehead atoms. The molecule has 1 unspecified atom stereocenters. The standard InChI is InChI=1S/C15H21N3O/c1-11(2)8-13(10-17)15(19)18(3)14-6-4-12(9-16)5-7-14/h4-7,11,13H,8,10,17H2,1-3H3. The summed E-state index contributed by atoms with van der Waals surface area (Å²) in [6.07, 6.45) is 0.788. The highest BCUT2D eigenvalue weighted by atomic mass is 16.2. The average Bonchev–Trinajstić information content (AvgIpc) is 2.43. The van der Waals surface area contributed by atoms with Crippen LogP contribution in [0.3, 0.4) is 0 Å². The van der Waals surface area contributed by atoms with E-state index in [0.717, 1.165) is 12.1 Å². The Balaban J connectivity index is 2.82. The molecule has 2 N–H and O–H groups in total. The Bertz CT molecular complexity index is 459. The van der Waals surface area contributed by atoms with Gasteiger partial charge in [0, 0.05) is 19.3 Å². The van der Waals surface area contributed by atoms with Gasteiger partial charge >= 0.3 is 0 Å². The lowest BCUT2D eigenvalue weighted by atomic mass is 9.96. The van der Waals surface area contributed by atoms with Crippen LogP contribution in [-0.2, 0) is 4.79 Å². The summed E-state index contributed by atoms with van der Waals surface area (Å²) < 4.78 is 0. The van der Waals surface area contributed by atoms with Crippen molar-refractivity contribution in [1.29, 1.82) is 5.26 Å². The van der Waals surface area contributed by atoms with Gasteiger partial charge in [0.15, 0.2) is 0 Å². The molecule has 19 heavy (non-hydrogen) atoms. The Morgan fingerprint density at radius 3 is 2.37 bits per heavy atom. The zero-order chi connectivity index (χ0) is 14.4. The first-order chi connectivity index (χ1) is 8.99. The Morgan fingerprint density at radius 2 is 1.95 bits per heavy atom. The molecule has 0 aliphatic carbocycles. The number of carbonyl (C=O) groups excluding carboxylic acids is 1. The molecule has 0 saturated heterocycles. The lowest BCUT2D eigenvalue weighted by Crippen LogP contribution is -2.37. The van der Waals surface area contributed by atoms with Crippen molar-refractivity contribution >= 4 is 11.6 Å². The monoisotopic (exact) mass is 259 g/mol. The average molecular weight is 259 g/mol. The van der Waals surface area contributed by atoms with Crippen molar-refractivity contribution < 1.29 is 4.79 Å². The van der Waals surface area contributed by atoms with Crippen LogP contribution < -0.4 is 10.6 Å². The summed E-state index contributed by atoms with van der Waals surface area (Å²) in [4.78, 5) is 14.0. The second-order valence-electron chi connectivity index (χ2n) is 5.12. The summed E-state index contributed by atoms with van der Waals surface area (Å²) in [5.74, 6) is 0.313. The SMILES string of the molecule is CC(C)CC(CN)C(=O)N(C)c1ccc(C#N)cc1. The second kappa shape index (κ2) is 6.91. The van der Waals surface area contributed by atoms with Gasteiger partial charge in [-0.2, -0.15) is 5.26 Å². The zero-order valence-corrected chi connectivity index (χ0v) is 11.8. The van der Waals surface area contributed by atoms with Gasteiger partial charge in [-0.3, -0.25) is 4.79 Å². The van der Waals surface area contributed by atoms with Crippen molar-refractivity contribution in [2.24, 2.45) is 17.6 Å². The van der Waals surface area contributed by atoms with Crippen molar-refractivity contribution in [3.05, 3.63) is 29.8 Å². The Morgan fingerprint density at radius 1 is 1.37 bits per heavy atom. The van der Waals surface area contributed by atoms with E-state index in [1.165, 1.54) is 0 Å². The summed E-state index contributed by atoms with van der Waals surface area (Å²) in [7, 11) is 1.74. The highest BCUT2D eigenvalue weighted by Gasteiger charge is 2.22. The van der Waals surface area contributed by atoms with Crippen LogP contribution in [-0.4, -0.2) is 19.5 Å². The third-order valence-electron chi connectivity index (χ3n) is 3.10. The van der Waals surface area contributed by atoms with Crippen LogP contribution in [0.15, 0.2) is 24.3 Å². The zero-order valence-electron chi connectivity index (χ0n) is 11.8. The quantitative estimate of drug-likeness (QED) is 0.880. The maximum absolute atomic E-state index is 12.3. The van der Waals surface area contributed by atoms with Gasteiger partial charge in [-0.15, -0.1) is 0 Å². The van der Waals surface area contributed by atoms with E-state index in [1.54, 1.807) is 36.2 Å². The molecular formula is C15H21N3O. The molecule has 1 amide bonds. The first kappa shape index (κ1) is 15.2. The van der Waals surface area contributed by atoms with E-state index < -0.39 is 0 Å². The molecule has 0 saturated carbocycles. The minimum Gasteiger partial charge on any atom is -0.330 e. The van der Waals surface area contributed by atoms with Gasteiger partial charge in [-0.25, -0.2) is 0 Å². The fourth-order valence-corrected chi connectivity index (χ4v) is 2.03. The summed E-state index contributed by atoms with van der Waals surface area (Å²) in [5, 5.41) is 8.75. The van der Waals surface area contributed by atoms with E-state index in [9.17, 15) is 4.79 Å². The maximum Gasteiger partial charge on any atom is 0.231 e. The molecule has 1 aromatic carbocycles. The van der Waals surface area contributed by atoms with Gasteiger partial charge in [-0.05, 0) is 36.6 Å². The van der Waals surface area contributed by atoms with Gasteiger partial charge in [0.2, 0.25) is 5.91 Å². The molecule has 0 spiro atoms. The lowest BCUT2D eigenvalue weighted by Gasteiger charge is -2.24.